The fraction of sp³-hybridized carbons (Fsp3) is 0.455. The Kier molecular flexibility index (Phi) is 1.87. The Balaban J connectivity index is 1.90. The van der Waals surface area contributed by atoms with Crippen LogP contribution in [0.4, 0.5) is 11.5 Å². The Morgan fingerprint density at radius 2 is 2.40 bits per heavy atom. The Morgan fingerprint density at radius 3 is 3.20 bits per heavy atom. The van der Waals surface area contributed by atoms with Crippen LogP contribution in [0.3, 0.4) is 0 Å². The summed E-state index contributed by atoms with van der Waals surface area (Å²) in [6.45, 7) is 1.41. The first kappa shape index (κ1) is 8.71. The molecule has 1 fully saturated rings. The van der Waals surface area contributed by atoms with E-state index in [1.165, 1.54) is 12.8 Å². The maximum absolute atomic E-state index is 11.5. The molecule has 0 aromatic carbocycles. The van der Waals surface area contributed by atoms with Gasteiger partial charge in [0, 0.05) is 12.7 Å². The number of anilines is 2. The van der Waals surface area contributed by atoms with E-state index in [4.69, 9.17) is 0 Å². The normalized spacial score (nSPS) is 19.7. The number of nitrogens with one attached hydrogen (secondary N) is 1. The average Bonchev–Trinajstić information content (AvgIpc) is 3.01. The molecule has 0 radical (unpaired) electrons. The average molecular weight is 203 g/mol. The molecule has 1 N–H and O–H groups in total. The largest absolute Gasteiger partial charge is 0.345 e. The van der Waals surface area contributed by atoms with Gasteiger partial charge < -0.3 is 10.2 Å². The topological polar surface area (TPSA) is 45.2 Å². The van der Waals surface area contributed by atoms with Gasteiger partial charge in [-0.15, -0.1) is 0 Å². The maximum atomic E-state index is 11.5. The second kappa shape index (κ2) is 3.22. The number of carbonyl (C=O) groups is 1. The van der Waals surface area contributed by atoms with Crippen LogP contribution < -0.4 is 10.2 Å². The quantitative estimate of drug-likeness (QED) is 0.786. The van der Waals surface area contributed by atoms with Crippen LogP contribution in [0.15, 0.2) is 18.3 Å². The molecule has 0 saturated heterocycles. The minimum atomic E-state index is 0.0659. The molecule has 15 heavy (non-hydrogen) atoms. The minimum Gasteiger partial charge on any atom is -0.345 e. The lowest BCUT2D eigenvalue weighted by atomic mass is 10.2. The van der Waals surface area contributed by atoms with Gasteiger partial charge in [0.1, 0.15) is 0 Å². The van der Waals surface area contributed by atoms with Gasteiger partial charge in [-0.25, -0.2) is 4.98 Å². The van der Waals surface area contributed by atoms with Gasteiger partial charge in [-0.1, -0.05) is 0 Å². The monoisotopic (exact) mass is 203 g/mol. The maximum Gasteiger partial charge on any atom is 0.244 e. The molecule has 2 heterocycles. The number of amides is 1. The van der Waals surface area contributed by atoms with E-state index in [0.29, 0.717) is 6.54 Å². The third kappa shape index (κ3) is 1.67. The van der Waals surface area contributed by atoms with Crippen LogP contribution in [0.1, 0.15) is 12.8 Å². The molecule has 1 saturated carbocycles. The number of hydrogen-bond donors (Lipinski definition) is 1. The third-order valence-corrected chi connectivity index (χ3v) is 2.87. The first-order valence-electron chi connectivity index (χ1n) is 5.33. The number of nitrogens with zero attached hydrogens (tertiary/aromatic N) is 2. The second-order valence-electron chi connectivity index (χ2n) is 4.25. The van der Waals surface area contributed by atoms with Gasteiger partial charge in [0.05, 0.1) is 12.2 Å². The fourth-order valence-corrected chi connectivity index (χ4v) is 1.95. The van der Waals surface area contributed by atoms with Crippen molar-refractivity contribution in [3.8, 4) is 0 Å². The highest BCUT2D eigenvalue weighted by atomic mass is 16.2. The van der Waals surface area contributed by atoms with Gasteiger partial charge in [0.25, 0.3) is 0 Å². The molecule has 3 rings (SSSR count). The van der Waals surface area contributed by atoms with Crippen LogP contribution in [0.25, 0.3) is 0 Å². The molecule has 4 heteroatoms. The summed E-state index contributed by atoms with van der Waals surface area (Å²) in [4.78, 5) is 17.9. The predicted molar refractivity (Wildman–Crippen MR) is 57.8 cm³/mol. The zero-order valence-corrected chi connectivity index (χ0v) is 8.44. The number of carbonyl (C=O) groups excluding carboxylic acids is 1. The van der Waals surface area contributed by atoms with E-state index in [1.54, 1.807) is 6.20 Å². The summed E-state index contributed by atoms with van der Waals surface area (Å²) in [6.07, 6.45) is 4.36. The van der Waals surface area contributed by atoms with Gasteiger partial charge in [0.2, 0.25) is 5.91 Å². The molecule has 0 unspecified atom stereocenters. The van der Waals surface area contributed by atoms with Gasteiger partial charge in [-0.05, 0) is 30.9 Å². The lowest BCUT2D eigenvalue weighted by Gasteiger charge is -2.29. The number of fused-ring (bicyclic) bond motifs is 1. The van der Waals surface area contributed by atoms with Crippen molar-refractivity contribution in [3.63, 3.8) is 0 Å². The molecule has 1 aromatic rings. The molecule has 1 aliphatic carbocycles. The van der Waals surface area contributed by atoms with E-state index in [1.807, 2.05) is 12.1 Å². The molecule has 1 amide bonds. The van der Waals surface area contributed by atoms with Crippen molar-refractivity contribution in [1.29, 1.82) is 0 Å². The van der Waals surface area contributed by atoms with Crippen LogP contribution in [-0.4, -0.2) is 24.0 Å². The summed E-state index contributed by atoms with van der Waals surface area (Å²) >= 11 is 0. The van der Waals surface area contributed by atoms with Crippen LogP contribution in [0, 0.1) is 5.92 Å². The van der Waals surface area contributed by atoms with Crippen molar-refractivity contribution in [1.82, 2.24) is 4.98 Å². The van der Waals surface area contributed by atoms with Crippen molar-refractivity contribution < 1.29 is 4.79 Å². The molecule has 4 nitrogen and oxygen atoms in total. The minimum absolute atomic E-state index is 0.0659. The molecular weight excluding hydrogens is 190 g/mol. The highest BCUT2D eigenvalue weighted by Gasteiger charge is 2.29. The van der Waals surface area contributed by atoms with Gasteiger partial charge in [-0.3, -0.25) is 4.79 Å². The van der Waals surface area contributed by atoms with E-state index in [-0.39, 0.29) is 5.91 Å². The predicted octanol–water partition coefficient (Wildman–Crippen LogP) is 1.25. The van der Waals surface area contributed by atoms with Crippen LogP contribution >= 0.6 is 0 Å². The molecule has 1 aromatic heterocycles. The third-order valence-electron chi connectivity index (χ3n) is 2.87. The van der Waals surface area contributed by atoms with Crippen molar-refractivity contribution >= 4 is 17.4 Å². The highest BCUT2D eigenvalue weighted by Crippen LogP contribution is 2.34. The molecule has 78 valence electrons. The van der Waals surface area contributed by atoms with Gasteiger partial charge in [0.15, 0.2) is 5.82 Å². The van der Waals surface area contributed by atoms with Gasteiger partial charge in [-0.2, -0.15) is 0 Å². The first-order chi connectivity index (χ1) is 7.33. The number of pyridine rings is 1. The molecule has 1 aliphatic heterocycles. The summed E-state index contributed by atoms with van der Waals surface area (Å²) in [7, 11) is 0. The van der Waals surface area contributed by atoms with E-state index in [9.17, 15) is 4.79 Å². The smallest absolute Gasteiger partial charge is 0.244 e. The summed E-state index contributed by atoms with van der Waals surface area (Å²) in [5, 5.41) is 2.84. The lowest BCUT2D eigenvalue weighted by Crippen LogP contribution is -2.39. The second-order valence-corrected chi connectivity index (χ2v) is 4.25. The Morgan fingerprint density at radius 1 is 1.53 bits per heavy atom. The Bertz CT molecular complexity index is 401. The van der Waals surface area contributed by atoms with Crippen molar-refractivity contribution in [2.75, 3.05) is 23.3 Å². The number of hydrogen-bond acceptors (Lipinski definition) is 3. The van der Waals surface area contributed by atoms with E-state index >= 15 is 0 Å². The number of rotatable bonds is 2. The van der Waals surface area contributed by atoms with Crippen molar-refractivity contribution in [2.45, 2.75) is 12.8 Å². The summed E-state index contributed by atoms with van der Waals surface area (Å²) in [5.41, 5.74) is 0.842. The summed E-state index contributed by atoms with van der Waals surface area (Å²) < 4.78 is 0. The Labute approximate surface area is 88.3 Å². The van der Waals surface area contributed by atoms with Crippen LogP contribution in [0.5, 0.6) is 0 Å². The van der Waals surface area contributed by atoms with Gasteiger partial charge >= 0.3 is 0 Å². The Hall–Kier alpha value is -1.58. The van der Waals surface area contributed by atoms with Crippen LogP contribution in [0.2, 0.25) is 0 Å². The zero-order valence-electron chi connectivity index (χ0n) is 8.44. The molecule has 2 aliphatic rings. The SMILES string of the molecule is O=C1CN(CC2CC2)c2ncccc2N1. The number of aromatic nitrogens is 1. The standard InChI is InChI=1S/C11H13N3O/c15-10-7-14(6-8-3-4-8)11-9(13-10)2-1-5-12-11/h1-2,5,8H,3-4,6-7H2,(H,13,15). The van der Waals surface area contributed by atoms with Crippen molar-refractivity contribution in [2.24, 2.45) is 5.92 Å². The van der Waals surface area contributed by atoms with Crippen molar-refractivity contribution in [3.05, 3.63) is 18.3 Å². The fourth-order valence-electron chi connectivity index (χ4n) is 1.95. The van der Waals surface area contributed by atoms with E-state index < -0.39 is 0 Å². The summed E-state index contributed by atoms with van der Waals surface area (Å²) in [5.74, 6) is 1.76. The first-order valence-corrected chi connectivity index (χ1v) is 5.33. The summed E-state index contributed by atoms with van der Waals surface area (Å²) in [6, 6.07) is 3.75. The molecule has 0 bridgehead atoms. The van der Waals surface area contributed by atoms with E-state index in [0.717, 1.165) is 24.0 Å². The van der Waals surface area contributed by atoms with E-state index in [2.05, 4.69) is 15.2 Å². The molecular formula is C11H13N3O. The molecule has 0 atom stereocenters. The van der Waals surface area contributed by atoms with Crippen LogP contribution in [-0.2, 0) is 4.79 Å². The molecule has 0 spiro atoms. The highest BCUT2D eigenvalue weighted by molar-refractivity contribution is 6.00. The lowest BCUT2D eigenvalue weighted by molar-refractivity contribution is -0.115. The zero-order chi connectivity index (χ0) is 10.3.